The summed E-state index contributed by atoms with van der Waals surface area (Å²) in [5.74, 6) is 0.644. The van der Waals surface area contributed by atoms with Crippen LogP contribution in [0.1, 0.15) is 0 Å². The zero-order chi connectivity index (χ0) is 25.5. The average molecular weight is 502 g/mol. The van der Waals surface area contributed by atoms with E-state index in [0.29, 0.717) is 17.1 Å². The number of benzene rings is 5. The number of aromatic amines is 1. The van der Waals surface area contributed by atoms with E-state index in [1.807, 2.05) is 60.7 Å². The van der Waals surface area contributed by atoms with Gasteiger partial charge in [0.25, 0.3) is 0 Å². The Bertz CT molecular complexity index is 2390. The molecule has 0 atom stereocenters. The van der Waals surface area contributed by atoms with Gasteiger partial charge >= 0.3 is 0 Å². The van der Waals surface area contributed by atoms with Gasteiger partial charge in [0.1, 0.15) is 28.0 Å². The molecular formula is C34H19N3O2. The highest BCUT2D eigenvalue weighted by Gasteiger charge is 2.23. The van der Waals surface area contributed by atoms with Crippen LogP contribution in [0.4, 0.5) is 0 Å². The number of hydrogen-bond acceptors (Lipinski definition) is 4. The van der Waals surface area contributed by atoms with Crippen molar-refractivity contribution in [3.63, 3.8) is 0 Å². The largest absolute Gasteiger partial charge is 0.455 e. The SMILES string of the molecule is c1ccc(-c2nc(-c3cccc4c3oc3ccccc34)c3oc4ccc5[nH]c6ccccc6c5c4c3n2)cc1. The first-order valence-electron chi connectivity index (χ1n) is 12.9. The van der Waals surface area contributed by atoms with Crippen LogP contribution in [0.25, 0.3) is 88.5 Å². The van der Waals surface area contributed by atoms with Gasteiger partial charge in [-0.3, -0.25) is 0 Å². The lowest BCUT2D eigenvalue weighted by Crippen LogP contribution is -1.94. The molecule has 0 saturated heterocycles. The molecule has 0 aliphatic heterocycles. The van der Waals surface area contributed by atoms with Crippen LogP contribution in [0.2, 0.25) is 0 Å². The highest BCUT2D eigenvalue weighted by Crippen LogP contribution is 2.43. The topological polar surface area (TPSA) is 67.8 Å². The minimum Gasteiger partial charge on any atom is -0.455 e. The Kier molecular flexibility index (Phi) is 3.99. The number of nitrogens with one attached hydrogen (secondary N) is 1. The van der Waals surface area contributed by atoms with Crippen LogP contribution in [0, 0.1) is 0 Å². The Hall–Kier alpha value is -5.42. The monoisotopic (exact) mass is 501 g/mol. The van der Waals surface area contributed by atoms with Gasteiger partial charge in [0.2, 0.25) is 0 Å². The molecule has 0 fully saturated rings. The molecule has 39 heavy (non-hydrogen) atoms. The first kappa shape index (κ1) is 20.6. The Morgan fingerprint density at radius 3 is 2.21 bits per heavy atom. The van der Waals surface area contributed by atoms with E-state index in [9.17, 15) is 0 Å². The maximum Gasteiger partial charge on any atom is 0.180 e. The molecule has 4 heterocycles. The maximum atomic E-state index is 6.60. The Morgan fingerprint density at radius 2 is 1.28 bits per heavy atom. The standard InChI is InChI=1S/C34H19N3O2/c1-2-9-19(10-3-1)34-36-30(23-14-8-13-21-20-11-5-7-16-26(20)38-32(21)23)33-31(37-34)29-27(39-33)18-17-25-28(29)22-12-4-6-15-24(22)35-25/h1-18,35H. The summed E-state index contributed by atoms with van der Waals surface area (Å²) in [5.41, 5.74) is 8.51. The summed E-state index contributed by atoms with van der Waals surface area (Å²) < 4.78 is 13.0. The van der Waals surface area contributed by atoms with Gasteiger partial charge in [-0.1, -0.05) is 78.9 Å². The van der Waals surface area contributed by atoms with Gasteiger partial charge in [0.05, 0.1) is 5.39 Å². The van der Waals surface area contributed by atoms with Crippen LogP contribution in [0.15, 0.2) is 118 Å². The van der Waals surface area contributed by atoms with Crippen molar-refractivity contribution in [1.82, 2.24) is 15.0 Å². The number of H-pyrrole nitrogens is 1. The first-order chi connectivity index (χ1) is 19.3. The molecule has 0 radical (unpaired) electrons. The minimum absolute atomic E-state index is 0.644. The second-order valence-corrected chi connectivity index (χ2v) is 9.85. The molecule has 9 aromatic rings. The number of para-hydroxylation sites is 3. The number of nitrogens with zero attached hydrogens (tertiary/aromatic N) is 2. The van der Waals surface area contributed by atoms with Crippen molar-refractivity contribution in [2.45, 2.75) is 0 Å². The molecule has 1 N–H and O–H groups in total. The molecule has 0 saturated carbocycles. The quantitative estimate of drug-likeness (QED) is 0.256. The predicted octanol–water partition coefficient (Wildman–Crippen LogP) is 9.24. The van der Waals surface area contributed by atoms with E-state index in [4.69, 9.17) is 18.8 Å². The van der Waals surface area contributed by atoms with Crippen LogP contribution in [0.5, 0.6) is 0 Å². The van der Waals surface area contributed by atoms with Gasteiger partial charge in [-0.2, -0.15) is 0 Å². The molecule has 5 nitrogen and oxygen atoms in total. The second kappa shape index (κ2) is 7.55. The second-order valence-electron chi connectivity index (χ2n) is 9.85. The van der Waals surface area contributed by atoms with Crippen molar-refractivity contribution in [3.8, 4) is 22.6 Å². The predicted molar refractivity (Wildman–Crippen MR) is 157 cm³/mol. The van der Waals surface area contributed by atoms with Gasteiger partial charge < -0.3 is 13.8 Å². The van der Waals surface area contributed by atoms with Gasteiger partial charge in [0.15, 0.2) is 11.4 Å². The molecule has 5 aromatic carbocycles. The summed E-state index contributed by atoms with van der Waals surface area (Å²) in [5, 5.41) is 5.35. The van der Waals surface area contributed by atoms with E-state index in [2.05, 4.69) is 53.5 Å². The number of rotatable bonds is 2. The summed E-state index contributed by atoms with van der Waals surface area (Å²) in [7, 11) is 0. The van der Waals surface area contributed by atoms with Gasteiger partial charge in [-0.05, 0) is 30.3 Å². The fourth-order valence-corrected chi connectivity index (χ4v) is 5.90. The molecule has 0 spiro atoms. The first-order valence-corrected chi connectivity index (χ1v) is 12.9. The summed E-state index contributed by atoms with van der Waals surface area (Å²) in [6.45, 7) is 0. The lowest BCUT2D eigenvalue weighted by atomic mass is 10.0. The molecule has 0 amide bonds. The van der Waals surface area contributed by atoms with E-state index >= 15 is 0 Å². The van der Waals surface area contributed by atoms with Crippen molar-refractivity contribution in [2.75, 3.05) is 0 Å². The smallest absolute Gasteiger partial charge is 0.180 e. The number of fused-ring (bicyclic) bond motifs is 10. The van der Waals surface area contributed by atoms with Crippen molar-refractivity contribution in [1.29, 1.82) is 0 Å². The van der Waals surface area contributed by atoms with E-state index in [1.165, 1.54) is 0 Å². The fraction of sp³-hybridized carbons (Fsp3) is 0. The summed E-state index contributed by atoms with van der Waals surface area (Å²) in [6, 6.07) is 36.8. The summed E-state index contributed by atoms with van der Waals surface area (Å²) >= 11 is 0. The molecule has 0 bridgehead atoms. The third kappa shape index (κ3) is 2.84. The molecular weight excluding hydrogens is 482 g/mol. The van der Waals surface area contributed by atoms with Crippen LogP contribution in [-0.2, 0) is 0 Å². The highest BCUT2D eigenvalue weighted by atomic mass is 16.3. The lowest BCUT2D eigenvalue weighted by Gasteiger charge is -2.07. The summed E-state index contributed by atoms with van der Waals surface area (Å²) in [6.07, 6.45) is 0. The number of furan rings is 2. The molecule has 0 aliphatic rings. The molecule has 0 unspecified atom stereocenters. The van der Waals surface area contributed by atoms with Crippen LogP contribution in [-0.4, -0.2) is 15.0 Å². The minimum atomic E-state index is 0.644. The van der Waals surface area contributed by atoms with E-state index in [1.54, 1.807) is 0 Å². The van der Waals surface area contributed by atoms with E-state index in [-0.39, 0.29) is 0 Å². The number of aromatic nitrogens is 3. The Morgan fingerprint density at radius 1 is 0.513 bits per heavy atom. The van der Waals surface area contributed by atoms with Crippen molar-refractivity contribution in [3.05, 3.63) is 109 Å². The lowest BCUT2D eigenvalue weighted by molar-refractivity contribution is 0.663. The normalized spacial score (nSPS) is 12.1. The molecule has 9 rings (SSSR count). The summed E-state index contributed by atoms with van der Waals surface area (Å²) in [4.78, 5) is 13.8. The average Bonchev–Trinajstić information content (AvgIpc) is 3.68. The van der Waals surface area contributed by atoms with Gasteiger partial charge in [0, 0.05) is 43.7 Å². The van der Waals surface area contributed by atoms with E-state index < -0.39 is 0 Å². The van der Waals surface area contributed by atoms with Crippen LogP contribution in [0.3, 0.4) is 0 Å². The molecule has 182 valence electrons. The maximum absolute atomic E-state index is 6.60. The molecule has 4 aromatic heterocycles. The highest BCUT2D eigenvalue weighted by molar-refractivity contribution is 6.27. The third-order valence-electron chi connectivity index (χ3n) is 7.64. The van der Waals surface area contributed by atoms with Crippen LogP contribution < -0.4 is 0 Å². The van der Waals surface area contributed by atoms with Gasteiger partial charge in [-0.15, -0.1) is 0 Å². The Labute approximate surface area is 221 Å². The Balaban J connectivity index is 1.47. The fourth-order valence-electron chi connectivity index (χ4n) is 5.90. The number of hydrogen-bond donors (Lipinski definition) is 1. The molecule has 5 heteroatoms. The zero-order valence-electron chi connectivity index (χ0n) is 20.6. The van der Waals surface area contributed by atoms with Gasteiger partial charge in [-0.25, -0.2) is 9.97 Å². The van der Waals surface area contributed by atoms with Crippen LogP contribution >= 0.6 is 0 Å². The zero-order valence-corrected chi connectivity index (χ0v) is 20.6. The van der Waals surface area contributed by atoms with Crippen molar-refractivity contribution >= 4 is 65.8 Å². The van der Waals surface area contributed by atoms with E-state index in [0.717, 1.165) is 71.4 Å². The molecule has 0 aliphatic carbocycles. The van der Waals surface area contributed by atoms with Crippen molar-refractivity contribution < 1.29 is 8.83 Å². The third-order valence-corrected chi connectivity index (χ3v) is 7.64. The van der Waals surface area contributed by atoms with Crippen molar-refractivity contribution in [2.24, 2.45) is 0 Å².